The highest BCUT2D eigenvalue weighted by molar-refractivity contribution is 14.0. The van der Waals surface area contributed by atoms with E-state index < -0.39 is 0 Å². The van der Waals surface area contributed by atoms with Gasteiger partial charge in [-0.25, -0.2) is 0 Å². The van der Waals surface area contributed by atoms with E-state index in [0.717, 1.165) is 55.7 Å². The van der Waals surface area contributed by atoms with Gasteiger partial charge >= 0.3 is 0 Å². The van der Waals surface area contributed by atoms with Crippen molar-refractivity contribution in [1.29, 1.82) is 5.26 Å². The number of hydrogen-bond donors (Lipinski definition) is 1. The van der Waals surface area contributed by atoms with Gasteiger partial charge in [0.15, 0.2) is 5.96 Å². The average Bonchev–Trinajstić information content (AvgIpc) is 3.08. The van der Waals surface area contributed by atoms with E-state index in [1.165, 1.54) is 0 Å². The fraction of sp³-hybridized carbons (Fsp3) is 0.421. The Hall–Kier alpha value is -2.12. The van der Waals surface area contributed by atoms with Crippen LogP contribution in [0.2, 0.25) is 0 Å². The van der Waals surface area contributed by atoms with Crippen molar-refractivity contribution in [2.24, 2.45) is 4.99 Å². The van der Waals surface area contributed by atoms with Crippen LogP contribution in [0.5, 0.6) is 0 Å². The number of aromatic nitrogens is 1. The number of nitriles is 1. The van der Waals surface area contributed by atoms with Crippen molar-refractivity contribution in [3.05, 3.63) is 52.9 Å². The Morgan fingerprint density at radius 3 is 2.52 bits per heavy atom. The lowest BCUT2D eigenvalue weighted by Gasteiger charge is -2.36. The zero-order chi connectivity index (χ0) is 18.4. The fourth-order valence-corrected chi connectivity index (χ4v) is 3.05. The van der Waals surface area contributed by atoms with Gasteiger partial charge in [-0.05, 0) is 24.6 Å². The molecule has 0 atom stereocenters. The summed E-state index contributed by atoms with van der Waals surface area (Å²) in [5.41, 5.74) is 2.79. The highest BCUT2D eigenvalue weighted by Crippen LogP contribution is 2.10. The van der Waals surface area contributed by atoms with Gasteiger partial charge in [-0.2, -0.15) is 5.26 Å². The van der Waals surface area contributed by atoms with Crippen LogP contribution in [0.3, 0.4) is 0 Å². The smallest absolute Gasteiger partial charge is 0.194 e. The molecule has 1 fully saturated rings. The van der Waals surface area contributed by atoms with Crippen LogP contribution in [-0.2, 0) is 13.1 Å². The molecule has 0 spiro atoms. The van der Waals surface area contributed by atoms with Crippen molar-refractivity contribution in [2.45, 2.75) is 20.0 Å². The van der Waals surface area contributed by atoms with Gasteiger partial charge in [0, 0.05) is 52.4 Å². The third-order valence-corrected chi connectivity index (χ3v) is 4.48. The summed E-state index contributed by atoms with van der Waals surface area (Å²) in [5.74, 6) is 1.76. The number of benzene rings is 1. The number of rotatable bonds is 4. The fourth-order valence-electron chi connectivity index (χ4n) is 3.05. The first-order valence-corrected chi connectivity index (χ1v) is 8.77. The molecular formula is C19H25IN6O. The molecule has 0 saturated carbocycles. The van der Waals surface area contributed by atoms with Gasteiger partial charge in [0.2, 0.25) is 0 Å². The summed E-state index contributed by atoms with van der Waals surface area (Å²) in [6, 6.07) is 11.7. The quantitative estimate of drug-likeness (QED) is 0.411. The first-order valence-electron chi connectivity index (χ1n) is 8.77. The second-order valence-corrected chi connectivity index (χ2v) is 6.40. The van der Waals surface area contributed by atoms with Gasteiger partial charge in [0.1, 0.15) is 5.76 Å². The summed E-state index contributed by atoms with van der Waals surface area (Å²) >= 11 is 0. The minimum atomic E-state index is 0. The van der Waals surface area contributed by atoms with Crippen LogP contribution < -0.4 is 5.32 Å². The minimum Gasteiger partial charge on any atom is -0.361 e. The molecule has 0 amide bonds. The lowest BCUT2D eigenvalue weighted by Crippen LogP contribution is -2.52. The number of aliphatic imine (C=N–C) groups is 1. The van der Waals surface area contributed by atoms with E-state index in [-0.39, 0.29) is 24.0 Å². The van der Waals surface area contributed by atoms with Gasteiger partial charge in [0.05, 0.1) is 17.3 Å². The molecule has 2 heterocycles. The van der Waals surface area contributed by atoms with Crippen LogP contribution >= 0.6 is 24.0 Å². The topological polar surface area (TPSA) is 80.7 Å². The van der Waals surface area contributed by atoms with Gasteiger partial charge < -0.3 is 14.7 Å². The molecule has 1 aliphatic heterocycles. The third kappa shape index (κ3) is 5.94. The van der Waals surface area contributed by atoms with Crippen molar-refractivity contribution >= 4 is 29.9 Å². The van der Waals surface area contributed by atoms with Gasteiger partial charge in [-0.1, -0.05) is 17.3 Å². The SMILES string of the molecule is CN=C(NCc1ccc(C#N)cc1)N1CCN(Cc2cc(C)on2)CC1.I. The average molecular weight is 480 g/mol. The summed E-state index contributed by atoms with van der Waals surface area (Å²) < 4.78 is 5.14. The number of aryl methyl sites for hydroxylation is 1. The molecular weight excluding hydrogens is 455 g/mol. The molecule has 27 heavy (non-hydrogen) atoms. The zero-order valence-electron chi connectivity index (χ0n) is 15.7. The Morgan fingerprint density at radius 2 is 1.96 bits per heavy atom. The van der Waals surface area contributed by atoms with Crippen LogP contribution in [0, 0.1) is 18.3 Å². The maximum absolute atomic E-state index is 8.87. The maximum atomic E-state index is 8.87. The number of piperazine rings is 1. The summed E-state index contributed by atoms with van der Waals surface area (Å²) in [5, 5.41) is 16.3. The van der Waals surface area contributed by atoms with Gasteiger partial charge in [-0.3, -0.25) is 9.89 Å². The molecule has 0 aliphatic carbocycles. The van der Waals surface area contributed by atoms with Crippen molar-refractivity contribution in [2.75, 3.05) is 33.2 Å². The van der Waals surface area contributed by atoms with Crippen LogP contribution in [0.15, 0.2) is 39.8 Å². The Labute approximate surface area is 177 Å². The van der Waals surface area contributed by atoms with Crippen molar-refractivity contribution < 1.29 is 4.52 Å². The van der Waals surface area contributed by atoms with E-state index in [0.29, 0.717) is 12.1 Å². The van der Waals surface area contributed by atoms with Crippen LogP contribution in [0.4, 0.5) is 0 Å². The van der Waals surface area contributed by atoms with E-state index >= 15 is 0 Å². The van der Waals surface area contributed by atoms with Gasteiger partial charge in [-0.15, -0.1) is 24.0 Å². The van der Waals surface area contributed by atoms with Crippen molar-refractivity contribution in [3.8, 4) is 6.07 Å². The second kappa shape index (κ2) is 10.3. The van der Waals surface area contributed by atoms with Crippen LogP contribution in [-0.4, -0.2) is 54.1 Å². The molecule has 1 aliphatic rings. The predicted molar refractivity (Wildman–Crippen MR) is 115 cm³/mol. The number of guanidine groups is 1. The van der Waals surface area contributed by atoms with E-state index in [1.54, 1.807) is 0 Å². The molecule has 8 heteroatoms. The summed E-state index contributed by atoms with van der Waals surface area (Å²) in [4.78, 5) is 9.05. The zero-order valence-corrected chi connectivity index (χ0v) is 18.0. The number of halogens is 1. The molecule has 2 aromatic rings. The second-order valence-electron chi connectivity index (χ2n) is 6.40. The minimum absolute atomic E-state index is 0. The summed E-state index contributed by atoms with van der Waals surface area (Å²) in [7, 11) is 1.81. The number of hydrogen-bond acceptors (Lipinski definition) is 5. The maximum Gasteiger partial charge on any atom is 0.194 e. The van der Waals surface area contributed by atoms with Gasteiger partial charge in [0.25, 0.3) is 0 Å². The Balaban J connectivity index is 0.00000261. The Bertz CT molecular complexity index is 787. The highest BCUT2D eigenvalue weighted by Gasteiger charge is 2.20. The monoisotopic (exact) mass is 480 g/mol. The summed E-state index contributed by atoms with van der Waals surface area (Å²) in [6.45, 7) is 7.19. The van der Waals surface area contributed by atoms with Crippen LogP contribution in [0.25, 0.3) is 0 Å². The Kier molecular flexibility index (Phi) is 8.06. The molecule has 3 rings (SSSR count). The van der Waals surface area contributed by atoms with E-state index in [1.807, 2.05) is 44.3 Å². The molecule has 1 saturated heterocycles. The molecule has 0 radical (unpaired) electrons. The normalized spacial score (nSPS) is 15.1. The van der Waals surface area contributed by atoms with Crippen molar-refractivity contribution in [1.82, 2.24) is 20.3 Å². The molecule has 7 nitrogen and oxygen atoms in total. The molecule has 1 N–H and O–H groups in total. The molecule has 1 aromatic carbocycles. The lowest BCUT2D eigenvalue weighted by molar-refractivity contribution is 0.169. The highest BCUT2D eigenvalue weighted by atomic mass is 127. The van der Waals surface area contributed by atoms with Crippen molar-refractivity contribution in [3.63, 3.8) is 0 Å². The lowest BCUT2D eigenvalue weighted by atomic mass is 10.1. The largest absolute Gasteiger partial charge is 0.361 e. The molecule has 144 valence electrons. The molecule has 0 bridgehead atoms. The standard InChI is InChI=1S/C19H24N6O.HI/c1-15-11-18(23-26-15)14-24-7-9-25(10-8-24)19(21-2)22-13-17-5-3-16(12-20)4-6-17;/h3-6,11H,7-10,13-14H2,1-2H3,(H,21,22);1H. The Morgan fingerprint density at radius 1 is 1.26 bits per heavy atom. The van der Waals surface area contributed by atoms with E-state index in [9.17, 15) is 0 Å². The third-order valence-electron chi connectivity index (χ3n) is 4.48. The molecule has 0 unspecified atom stereocenters. The van der Waals surface area contributed by atoms with Crippen LogP contribution in [0.1, 0.15) is 22.6 Å². The first-order chi connectivity index (χ1) is 12.7. The first kappa shape index (κ1) is 21.2. The number of nitrogens with one attached hydrogen (secondary N) is 1. The van der Waals surface area contributed by atoms with E-state index in [2.05, 4.69) is 31.3 Å². The molecule has 1 aromatic heterocycles. The summed E-state index contributed by atoms with van der Waals surface area (Å²) in [6.07, 6.45) is 0. The van der Waals surface area contributed by atoms with E-state index in [4.69, 9.17) is 9.78 Å². The number of nitrogens with zero attached hydrogens (tertiary/aromatic N) is 5. The predicted octanol–water partition coefficient (Wildman–Crippen LogP) is 2.37.